The molecule has 0 heterocycles. The molecule has 2 aromatic rings. The fourth-order valence-electron chi connectivity index (χ4n) is 2.37. The summed E-state index contributed by atoms with van der Waals surface area (Å²) in [7, 11) is 0. The van der Waals surface area contributed by atoms with Crippen LogP contribution in [0, 0.1) is 5.92 Å². The molecule has 0 atom stereocenters. The standard InChI is InChI=1S/C21H26N2O3/c1-16(2)13-22-21(25)14-23(17(3)24)19-9-11-20(12-10-19)26-15-18-7-5-4-6-8-18/h4-12,16H,13-15H2,1-3H3,(H,22,25). The molecule has 1 N–H and O–H groups in total. The lowest BCUT2D eigenvalue weighted by atomic mass is 10.2. The maximum Gasteiger partial charge on any atom is 0.240 e. The first kappa shape index (κ1) is 19.5. The summed E-state index contributed by atoms with van der Waals surface area (Å²) in [6.07, 6.45) is 0. The molecule has 0 aromatic heterocycles. The number of nitrogens with one attached hydrogen (secondary N) is 1. The summed E-state index contributed by atoms with van der Waals surface area (Å²) in [6.45, 7) is 6.58. The van der Waals surface area contributed by atoms with E-state index in [9.17, 15) is 9.59 Å². The first-order chi connectivity index (χ1) is 12.5. The molecule has 0 aliphatic rings. The lowest BCUT2D eigenvalue weighted by Crippen LogP contribution is -2.40. The average molecular weight is 354 g/mol. The zero-order valence-electron chi connectivity index (χ0n) is 15.6. The summed E-state index contributed by atoms with van der Waals surface area (Å²) in [4.78, 5) is 25.4. The van der Waals surface area contributed by atoms with E-state index >= 15 is 0 Å². The highest BCUT2D eigenvalue weighted by Crippen LogP contribution is 2.20. The molecule has 0 aliphatic carbocycles. The van der Waals surface area contributed by atoms with Crippen LogP contribution in [0.3, 0.4) is 0 Å². The Morgan fingerprint density at radius 3 is 2.27 bits per heavy atom. The van der Waals surface area contributed by atoms with Crippen LogP contribution in [0.1, 0.15) is 26.3 Å². The lowest BCUT2D eigenvalue weighted by molar-refractivity contribution is -0.123. The van der Waals surface area contributed by atoms with Crippen molar-refractivity contribution in [1.82, 2.24) is 5.32 Å². The Kier molecular flexibility index (Phi) is 7.21. The van der Waals surface area contributed by atoms with E-state index in [-0.39, 0.29) is 18.4 Å². The van der Waals surface area contributed by atoms with Crippen molar-refractivity contribution in [3.05, 3.63) is 60.2 Å². The topological polar surface area (TPSA) is 58.6 Å². The molecule has 0 saturated carbocycles. The van der Waals surface area contributed by atoms with Gasteiger partial charge in [0.25, 0.3) is 0 Å². The highest BCUT2D eigenvalue weighted by molar-refractivity contribution is 5.97. The number of benzene rings is 2. The highest BCUT2D eigenvalue weighted by Gasteiger charge is 2.16. The van der Waals surface area contributed by atoms with Crippen LogP contribution >= 0.6 is 0 Å². The smallest absolute Gasteiger partial charge is 0.240 e. The number of amides is 2. The molecule has 0 fully saturated rings. The van der Waals surface area contributed by atoms with Gasteiger partial charge in [-0.2, -0.15) is 0 Å². The van der Waals surface area contributed by atoms with Crippen molar-refractivity contribution in [2.75, 3.05) is 18.0 Å². The second-order valence-corrected chi connectivity index (χ2v) is 6.57. The van der Waals surface area contributed by atoms with E-state index in [4.69, 9.17) is 4.74 Å². The van der Waals surface area contributed by atoms with Gasteiger partial charge in [-0.25, -0.2) is 0 Å². The Hall–Kier alpha value is -2.82. The fourth-order valence-corrected chi connectivity index (χ4v) is 2.37. The molecule has 0 unspecified atom stereocenters. The average Bonchev–Trinajstić information content (AvgIpc) is 2.64. The van der Waals surface area contributed by atoms with Gasteiger partial charge in [0.1, 0.15) is 18.9 Å². The molecule has 0 radical (unpaired) electrons. The maximum atomic E-state index is 12.0. The Balaban J connectivity index is 1.96. The Morgan fingerprint density at radius 2 is 1.69 bits per heavy atom. The molecule has 26 heavy (non-hydrogen) atoms. The van der Waals surface area contributed by atoms with Gasteiger partial charge in [-0.05, 0) is 35.7 Å². The van der Waals surface area contributed by atoms with Crippen LogP contribution in [0.2, 0.25) is 0 Å². The minimum atomic E-state index is -0.178. The SMILES string of the molecule is CC(=O)N(CC(=O)NCC(C)C)c1ccc(OCc2ccccc2)cc1. The van der Waals surface area contributed by atoms with Gasteiger partial charge in [0.2, 0.25) is 11.8 Å². The van der Waals surface area contributed by atoms with Crippen LogP contribution in [0.15, 0.2) is 54.6 Å². The van der Waals surface area contributed by atoms with Crippen molar-refractivity contribution in [1.29, 1.82) is 0 Å². The van der Waals surface area contributed by atoms with Crippen LogP contribution < -0.4 is 15.0 Å². The Bertz CT molecular complexity index is 712. The lowest BCUT2D eigenvalue weighted by Gasteiger charge is -2.21. The zero-order chi connectivity index (χ0) is 18.9. The number of anilines is 1. The predicted molar refractivity (Wildman–Crippen MR) is 103 cm³/mol. The van der Waals surface area contributed by atoms with Gasteiger partial charge < -0.3 is 15.0 Å². The van der Waals surface area contributed by atoms with Crippen molar-refractivity contribution < 1.29 is 14.3 Å². The number of carbonyl (C=O) groups is 2. The maximum absolute atomic E-state index is 12.0. The van der Waals surface area contributed by atoms with Gasteiger partial charge in [0.15, 0.2) is 0 Å². The van der Waals surface area contributed by atoms with Crippen molar-refractivity contribution in [2.45, 2.75) is 27.4 Å². The van der Waals surface area contributed by atoms with Crippen LogP contribution in [-0.4, -0.2) is 24.9 Å². The Morgan fingerprint density at radius 1 is 1.04 bits per heavy atom. The molecular weight excluding hydrogens is 328 g/mol. The largest absolute Gasteiger partial charge is 0.489 e. The van der Waals surface area contributed by atoms with Gasteiger partial charge in [-0.3, -0.25) is 9.59 Å². The summed E-state index contributed by atoms with van der Waals surface area (Å²) in [5.74, 6) is 0.733. The normalized spacial score (nSPS) is 10.5. The molecule has 0 aliphatic heterocycles. The van der Waals surface area contributed by atoms with Crippen molar-refractivity contribution in [2.24, 2.45) is 5.92 Å². The number of carbonyl (C=O) groups excluding carboxylic acids is 2. The van der Waals surface area contributed by atoms with Crippen LogP contribution in [0.25, 0.3) is 0 Å². The molecule has 5 nitrogen and oxygen atoms in total. The summed E-state index contributed by atoms with van der Waals surface area (Å²) >= 11 is 0. The van der Waals surface area contributed by atoms with Gasteiger partial charge in [-0.15, -0.1) is 0 Å². The number of rotatable bonds is 8. The highest BCUT2D eigenvalue weighted by atomic mass is 16.5. The summed E-state index contributed by atoms with van der Waals surface area (Å²) in [5, 5.41) is 2.83. The molecule has 0 bridgehead atoms. The van der Waals surface area contributed by atoms with Crippen LogP contribution in [0.5, 0.6) is 5.75 Å². The van der Waals surface area contributed by atoms with Gasteiger partial charge in [0, 0.05) is 19.2 Å². The summed E-state index contributed by atoms with van der Waals surface area (Å²) < 4.78 is 5.75. The van der Waals surface area contributed by atoms with Crippen LogP contribution in [-0.2, 0) is 16.2 Å². The molecular formula is C21H26N2O3. The van der Waals surface area contributed by atoms with E-state index in [1.54, 1.807) is 24.3 Å². The minimum absolute atomic E-state index is 0.00622. The van der Waals surface area contributed by atoms with Gasteiger partial charge in [-0.1, -0.05) is 44.2 Å². The fraction of sp³-hybridized carbons (Fsp3) is 0.333. The molecule has 2 rings (SSSR count). The third kappa shape index (κ3) is 6.24. The number of ether oxygens (including phenoxy) is 1. The molecule has 0 saturated heterocycles. The molecule has 0 spiro atoms. The first-order valence-corrected chi connectivity index (χ1v) is 8.77. The zero-order valence-corrected chi connectivity index (χ0v) is 15.6. The number of hydrogen-bond acceptors (Lipinski definition) is 3. The third-order valence-corrected chi connectivity index (χ3v) is 3.79. The Labute approximate surface area is 155 Å². The predicted octanol–water partition coefficient (Wildman–Crippen LogP) is 3.39. The minimum Gasteiger partial charge on any atom is -0.489 e. The molecule has 2 amide bonds. The molecule has 5 heteroatoms. The van der Waals surface area contributed by atoms with Gasteiger partial charge in [0.05, 0.1) is 0 Å². The quantitative estimate of drug-likeness (QED) is 0.790. The third-order valence-electron chi connectivity index (χ3n) is 3.79. The second kappa shape index (κ2) is 9.61. The number of hydrogen-bond donors (Lipinski definition) is 1. The van der Waals surface area contributed by atoms with E-state index in [0.29, 0.717) is 30.5 Å². The van der Waals surface area contributed by atoms with Crippen LogP contribution in [0.4, 0.5) is 5.69 Å². The van der Waals surface area contributed by atoms with Crippen molar-refractivity contribution >= 4 is 17.5 Å². The molecule has 138 valence electrons. The first-order valence-electron chi connectivity index (χ1n) is 8.77. The van der Waals surface area contributed by atoms with E-state index in [1.807, 2.05) is 44.2 Å². The summed E-state index contributed by atoms with van der Waals surface area (Å²) in [6, 6.07) is 17.1. The number of nitrogens with zero attached hydrogens (tertiary/aromatic N) is 1. The van der Waals surface area contributed by atoms with Crippen molar-refractivity contribution in [3.8, 4) is 5.75 Å². The summed E-state index contributed by atoms with van der Waals surface area (Å²) in [5.41, 5.74) is 1.76. The van der Waals surface area contributed by atoms with E-state index in [2.05, 4.69) is 5.32 Å². The van der Waals surface area contributed by atoms with Gasteiger partial charge >= 0.3 is 0 Å². The van der Waals surface area contributed by atoms with E-state index < -0.39 is 0 Å². The monoisotopic (exact) mass is 354 g/mol. The van der Waals surface area contributed by atoms with E-state index in [0.717, 1.165) is 5.56 Å². The molecule has 2 aromatic carbocycles. The van der Waals surface area contributed by atoms with E-state index in [1.165, 1.54) is 11.8 Å². The second-order valence-electron chi connectivity index (χ2n) is 6.57. The van der Waals surface area contributed by atoms with Crippen molar-refractivity contribution in [3.63, 3.8) is 0 Å².